The van der Waals surface area contributed by atoms with Gasteiger partial charge < -0.3 is 10.1 Å². The molecular formula is C28H26FN3O6S2. The fraction of sp³-hybridized carbons (Fsp3) is 0.107. The number of carbonyl (C=O) groups is 1. The minimum absolute atomic E-state index is 0.00671. The second-order valence-corrected chi connectivity index (χ2v) is 12.3. The summed E-state index contributed by atoms with van der Waals surface area (Å²) in [4.78, 5) is 12.8. The predicted molar refractivity (Wildman–Crippen MR) is 152 cm³/mol. The Hall–Kier alpha value is -4.42. The van der Waals surface area contributed by atoms with E-state index in [9.17, 15) is 26.0 Å². The maximum atomic E-state index is 13.2. The predicted octanol–water partition coefficient (Wildman–Crippen LogP) is 4.85. The zero-order valence-electron chi connectivity index (χ0n) is 21.5. The number of rotatable bonds is 10. The molecule has 0 spiro atoms. The first kappa shape index (κ1) is 28.6. The van der Waals surface area contributed by atoms with Gasteiger partial charge in [-0.1, -0.05) is 12.1 Å². The van der Waals surface area contributed by atoms with Crippen molar-refractivity contribution in [3.05, 3.63) is 114 Å². The number of carbonyl (C=O) groups excluding carboxylic acids is 1. The van der Waals surface area contributed by atoms with E-state index in [4.69, 9.17) is 4.74 Å². The summed E-state index contributed by atoms with van der Waals surface area (Å²) >= 11 is 0. The summed E-state index contributed by atoms with van der Waals surface area (Å²) in [5.74, 6) is -0.301. The van der Waals surface area contributed by atoms with Crippen molar-refractivity contribution >= 4 is 43.0 Å². The van der Waals surface area contributed by atoms with Crippen LogP contribution in [0.25, 0.3) is 0 Å². The van der Waals surface area contributed by atoms with Crippen LogP contribution < -0.4 is 19.1 Å². The van der Waals surface area contributed by atoms with Crippen LogP contribution in [0, 0.1) is 5.82 Å². The van der Waals surface area contributed by atoms with Crippen molar-refractivity contribution in [1.82, 2.24) is 0 Å². The van der Waals surface area contributed by atoms with Gasteiger partial charge >= 0.3 is 0 Å². The first-order valence-electron chi connectivity index (χ1n) is 11.9. The Kier molecular flexibility index (Phi) is 8.40. The van der Waals surface area contributed by atoms with E-state index in [0.29, 0.717) is 28.4 Å². The number of nitrogens with zero attached hydrogens (tertiary/aromatic N) is 1. The van der Waals surface area contributed by atoms with E-state index in [-0.39, 0.29) is 17.0 Å². The summed E-state index contributed by atoms with van der Waals surface area (Å²) in [6.07, 6.45) is 1.06. The summed E-state index contributed by atoms with van der Waals surface area (Å²) in [7, 11) is -6.01. The second kappa shape index (κ2) is 11.8. The molecule has 12 heteroatoms. The smallest absolute Gasteiger partial charge is 0.261 e. The third-order valence-electron chi connectivity index (χ3n) is 5.82. The number of methoxy groups -OCH3 is 1. The molecule has 0 fully saturated rings. The summed E-state index contributed by atoms with van der Waals surface area (Å²) < 4.78 is 72.2. The zero-order valence-corrected chi connectivity index (χ0v) is 23.2. The van der Waals surface area contributed by atoms with Gasteiger partial charge in [-0.3, -0.25) is 13.8 Å². The highest BCUT2D eigenvalue weighted by atomic mass is 32.2. The molecule has 0 bridgehead atoms. The number of ether oxygens (including phenoxy) is 1. The van der Waals surface area contributed by atoms with Crippen LogP contribution in [0.1, 0.15) is 15.9 Å². The topological polar surface area (TPSA) is 122 Å². The average molecular weight is 584 g/mol. The molecule has 4 rings (SSSR count). The lowest BCUT2D eigenvalue weighted by molar-refractivity contribution is 0.102. The van der Waals surface area contributed by atoms with Crippen molar-refractivity contribution < 1.29 is 30.8 Å². The van der Waals surface area contributed by atoms with E-state index in [2.05, 4.69) is 10.0 Å². The first-order valence-corrected chi connectivity index (χ1v) is 15.2. The Morgan fingerprint density at radius 1 is 0.800 bits per heavy atom. The quantitative estimate of drug-likeness (QED) is 0.275. The molecular weight excluding hydrogens is 557 g/mol. The highest BCUT2D eigenvalue weighted by Crippen LogP contribution is 2.23. The molecule has 9 nitrogen and oxygen atoms in total. The maximum absolute atomic E-state index is 13.2. The Labute approximate surface area is 232 Å². The molecule has 0 atom stereocenters. The van der Waals surface area contributed by atoms with E-state index in [0.717, 1.165) is 10.6 Å². The van der Waals surface area contributed by atoms with Gasteiger partial charge in [0.1, 0.15) is 11.6 Å². The van der Waals surface area contributed by atoms with Crippen molar-refractivity contribution in [2.75, 3.05) is 27.7 Å². The Morgan fingerprint density at radius 2 is 1.38 bits per heavy atom. The van der Waals surface area contributed by atoms with Gasteiger partial charge in [0.2, 0.25) is 10.0 Å². The fourth-order valence-corrected chi connectivity index (χ4v) is 5.68. The Bertz CT molecular complexity index is 1690. The molecule has 208 valence electrons. The monoisotopic (exact) mass is 583 g/mol. The van der Waals surface area contributed by atoms with Crippen molar-refractivity contribution in [2.45, 2.75) is 11.4 Å². The van der Waals surface area contributed by atoms with Crippen LogP contribution in [0.5, 0.6) is 5.75 Å². The Balaban J connectivity index is 1.43. The number of hydrogen-bond acceptors (Lipinski definition) is 6. The normalized spacial score (nSPS) is 11.5. The number of benzene rings is 4. The number of amides is 1. The van der Waals surface area contributed by atoms with Crippen molar-refractivity contribution in [3.8, 4) is 5.75 Å². The van der Waals surface area contributed by atoms with Crippen LogP contribution in [0.3, 0.4) is 0 Å². The van der Waals surface area contributed by atoms with Crippen LogP contribution in [-0.4, -0.2) is 36.1 Å². The van der Waals surface area contributed by atoms with Crippen molar-refractivity contribution in [2.24, 2.45) is 0 Å². The summed E-state index contributed by atoms with van der Waals surface area (Å²) in [6.45, 7) is -0.00671. The number of sulfonamides is 2. The largest absolute Gasteiger partial charge is 0.497 e. The van der Waals surface area contributed by atoms with Crippen LogP contribution in [-0.2, 0) is 26.6 Å². The van der Waals surface area contributed by atoms with E-state index >= 15 is 0 Å². The molecule has 0 aliphatic heterocycles. The summed E-state index contributed by atoms with van der Waals surface area (Å²) in [5, 5.41) is 2.69. The molecule has 0 aromatic heterocycles. The third-order valence-corrected chi connectivity index (χ3v) is 8.36. The second-order valence-electron chi connectivity index (χ2n) is 8.76. The minimum Gasteiger partial charge on any atom is -0.497 e. The van der Waals surface area contributed by atoms with E-state index in [1.54, 1.807) is 24.3 Å². The van der Waals surface area contributed by atoms with E-state index in [1.807, 2.05) is 0 Å². The number of nitrogens with one attached hydrogen (secondary N) is 2. The number of halogens is 1. The highest BCUT2D eigenvalue weighted by Gasteiger charge is 2.19. The average Bonchev–Trinajstić information content (AvgIpc) is 2.93. The molecule has 0 aliphatic carbocycles. The SMILES string of the molecule is COc1ccc(NS(=O)(=O)c2ccc(NC(=O)c3ccc(N(Cc4ccc(F)cc4)S(C)(=O)=O)cc3)cc2)cc1. The lowest BCUT2D eigenvalue weighted by Gasteiger charge is -2.22. The van der Waals surface area contributed by atoms with Gasteiger partial charge in [-0.15, -0.1) is 0 Å². The van der Waals surface area contributed by atoms with Crippen LogP contribution in [0.2, 0.25) is 0 Å². The van der Waals surface area contributed by atoms with E-state index in [1.165, 1.54) is 79.9 Å². The van der Waals surface area contributed by atoms with Crippen molar-refractivity contribution in [3.63, 3.8) is 0 Å². The van der Waals surface area contributed by atoms with Gasteiger partial charge in [0, 0.05) is 16.9 Å². The first-order chi connectivity index (χ1) is 18.9. The standard InChI is InChI=1S/C28H26FN3O6S2/c1-38-26-15-9-24(10-16-26)31-40(36,37)27-17-11-23(12-18-27)30-28(33)21-5-13-25(14-6-21)32(39(2,34)35)19-20-3-7-22(29)8-4-20/h3-18,31H,19H2,1-2H3,(H,30,33). The molecule has 0 saturated heterocycles. The van der Waals surface area contributed by atoms with Crippen molar-refractivity contribution in [1.29, 1.82) is 0 Å². The van der Waals surface area contributed by atoms with Gasteiger partial charge in [-0.2, -0.15) is 0 Å². The molecule has 0 radical (unpaired) electrons. The third kappa shape index (κ3) is 7.16. The number of hydrogen-bond donors (Lipinski definition) is 2. The Morgan fingerprint density at radius 3 is 1.93 bits per heavy atom. The fourth-order valence-electron chi connectivity index (χ4n) is 3.73. The van der Waals surface area contributed by atoms with E-state index < -0.39 is 31.8 Å². The van der Waals surface area contributed by atoms with Gasteiger partial charge in [-0.25, -0.2) is 21.2 Å². The molecule has 4 aromatic rings. The molecule has 1 amide bonds. The summed E-state index contributed by atoms with van der Waals surface area (Å²) in [6, 6.07) is 23.5. The van der Waals surface area contributed by atoms with Gasteiger partial charge in [0.15, 0.2) is 0 Å². The molecule has 40 heavy (non-hydrogen) atoms. The molecule has 0 heterocycles. The van der Waals surface area contributed by atoms with Gasteiger partial charge in [-0.05, 0) is 90.5 Å². The zero-order chi connectivity index (χ0) is 28.9. The lowest BCUT2D eigenvalue weighted by Crippen LogP contribution is -2.29. The van der Waals surface area contributed by atoms with Gasteiger partial charge in [0.05, 0.1) is 30.5 Å². The maximum Gasteiger partial charge on any atom is 0.261 e. The highest BCUT2D eigenvalue weighted by molar-refractivity contribution is 7.92. The van der Waals surface area contributed by atoms with Crippen LogP contribution in [0.15, 0.2) is 102 Å². The molecule has 4 aromatic carbocycles. The molecule has 0 unspecified atom stereocenters. The van der Waals surface area contributed by atoms with Crippen LogP contribution in [0.4, 0.5) is 21.5 Å². The molecule has 0 saturated carbocycles. The molecule has 2 N–H and O–H groups in total. The number of anilines is 3. The lowest BCUT2D eigenvalue weighted by atomic mass is 10.1. The summed E-state index contributed by atoms with van der Waals surface area (Å²) in [5.41, 5.74) is 1.93. The molecule has 0 aliphatic rings. The van der Waals surface area contributed by atoms with Gasteiger partial charge in [0.25, 0.3) is 15.9 Å². The minimum atomic E-state index is -3.86. The van der Waals surface area contributed by atoms with Crippen LogP contribution >= 0.6 is 0 Å².